The van der Waals surface area contributed by atoms with Crippen LogP contribution in [0.25, 0.3) is 0 Å². The molecule has 57 heavy (non-hydrogen) atoms. The van der Waals surface area contributed by atoms with Crippen LogP contribution >= 0.6 is 47.5 Å². The van der Waals surface area contributed by atoms with E-state index in [1.54, 1.807) is 30.4 Å². The summed E-state index contributed by atoms with van der Waals surface area (Å²) in [5, 5.41) is 12.0. The van der Waals surface area contributed by atoms with Crippen molar-refractivity contribution < 1.29 is 33.5 Å². The second kappa shape index (κ2) is 22.6. The molecule has 12 atom stereocenters. The molecule has 7 rings (SSSR count). The molecule has 5 heterocycles. The molecule has 316 valence electrons. The van der Waals surface area contributed by atoms with Crippen LogP contribution in [0.1, 0.15) is 51.7 Å². The Bertz CT molecular complexity index is 1580. The van der Waals surface area contributed by atoms with Gasteiger partial charge >= 0.3 is 0 Å². The lowest BCUT2D eigenvalue weighted by Gasteiger charge is -2.43. The third-order valence-electron chi connectivity index (χ3n) is 10.4. The molecule has 5 aliphatic heterocycles. The molecule has 2 aromatic carbocycles. The first-order valence-corrected chi connectivity index (χ1v) is 23.2. The van der Waals surface area contributed by atoms with Crippen molar-refractivity contribution in [1.29, 1.82) is 0 Å². The number of hydrogen-bond donors (Lipinski definition) is 1. The maximum atomic E-state index is 10.1. The monoisotopic (exact) mass is 862 g/mol. The third kappa shape index (κ3) is 12.8. The molecule has 0 spiro atoms. The molecule has 11 nitrogen and oxygen atoms in total. The number of amidine groups is 2. The van der Waals surface area contributed by atoms with E-state index in [-0.39, 0.29) is 65.3 Å². The summed E-state index contributed by atoms with van der Waals surface area (Å²) in [6.07, 6.45) is 3.31. The van der Waals surface area contributed by atoms with Crippen LogP contribution in [0, 0.1) is 11.8 Å². The quantitative estimate of drug-likeness (QED) is 0.258. The molecule has 0 bridgehead atoms. The zero-order valence-corrected chi connectivity index (χ0v) is 38.0. The van der Waals surface area contributed by atoms with Crippen LogP contribution in [-0.2, 0) is 41.6 Å². The fraction of sp³-hybridized carbons (Fsp3) is 0.643. The maximum Gasteiger partial charge on any atom is 0.220 e. The van der Waals surface area contributed by atoms with Gasteiger partial charge in [0.1, 0.15) is 35.2 Å². The average Bonchev–Trinajstić information content (AvgIpc) is 4.01. The summed E-state index contributed by atoms with van der Waals surface area (Å²) in [4.78, 5) is 13.8. The van der Waals surface area contributed by atoms with Gasteiger partial charge in [-0.25, -0.2) is 0 Å². The molecule has 1 N–H and O–H groups in total. The lowest BCUT2D eigenvalue weighted by molar-refractivity contribution is -0.165. The molecule has 3 saturated heterocycles. The zero-order valence-electron chi connectivity index (χ0n) is 34.8. The Hall–Kier alpha value is -1.92. The van der Waals surface area contributed by atoms with Crippen LogP contribution in [0.2, 0.25) is 0 Å². The van der Waals surface area contributed by atoms with Crippen molar-refractivity contribution in [3.05, 3.63) is 71.8 Å². The SMILES string of the molecule is C1CCOC1.CC(O)[C@H]1O[C@@H]2SC(N(C)C)=N[C@@H]2[C@@H](OCc2ccccc2)[C@@H]1C.CSC(=S)OC(C)[C@H]1O[C@@H]2SC(N(C)C)=N[C@@H]2[C@@H](OCc2ccccc2)[C@@H]1C. The van der Waals surface area contributed by atoms with Gasteiger partial charge in [-0.1, -0.05) is 110 Å². The molecule has 5 aliphatic rings. The summed E-state index contributed by atoms with van der Waals surface area (Å²) in [7, 11) is 7.98. The molecular formula is C42H62N4O7S4. The molecule has 15 heteroatoms. The van der Waals surface area contributed by atoms with E-state index < -0.39 is 6.10 Å². The van der Waals surface area contributed by atoms with E-state index in [2.05, 4.69) is 38.1 Å². The Kier molecular flexibility index (Phi) is 18.3. The number of nitrogens with zero attached hydrogens (tertiary/aromatic N) is 4. The normalized spacial score (nSPS) is 31.2. The van der Waals surface area contributed by atoms with E-state index in [4.69, 9.17) is 50.6 Å². The number of thiocarbonyl (C=S) groups is 1. The van der Waals surface area contributed by atoms with Gasteiger partial charge in [0.2, 0.25) is 4.38 Å². The zero-order chi connectivity index (χ0) is 41.1. The van der Waals surface area contributed by atoms with Crippen LogP contribution in [-0.4, -0.2) is 137 Å². The van der Waals surface area contributed by atoms with Gasteiger partial charge in [-0.15, -0.1) is 0 Å². The fourth-order valence-electron chi connectivity index (χ4n) is 7.36. The Morgan fingerprint density at radius 2 is 1.23 bits per heavy atom. The number of thioether (sulfide) groups is 3. The minimum Gasteiger partial charge on any atom is -0.473 e. The van der Waals surface area contributed by atoms with E-state index in [1.165, 1.54) is 24.6 Å². The van der Waals surface area contributed by atoms with Gasteiger partial charge in [0.15, 0.2) is 10.3 Å². The van der Waals surface area contributed by atoms with Gasteiger partial charge < -0.3 is 43.3 Å². The molecular weight excluding hydrogens is 801 g/mol. The Morgan fingerprint density at radius 1 is 0.789 bits per heavy atom. The van der Waals surface area contributed by atoms with E-state index >= 15 is 0 Å². The van der Waals surface area contributed by atoms with Gasteiger partial charge in [-0.05, 0) is 56.3 Å². The second-order valence-corrected chi connectivity index (χ2v) is 18.9. The second-order valence-electron chi connectivity index (χ2n) is 15.3. The van der Waals surface area contributed by atoms with E-state index in [0.717, 1.165) is 34.7 Å². The number of aliphatic imine (C=N–C) groups is 2. The van der Waals surface area contributed by atoms with Gasteiger partial charge in [0.05, 0.1) is 37.6 Å². The van der Waals surface area contributed by atoms with Crippen LogP contribution in [0.4, 0.5) is 0 Å². The van der Waals surface area contributed by atoms with E-state index in [0.29, 0.717) is 17.6 Å². The van der Waals surface area contributed by atoms with Crippen molar-refractivity contribution in [1.82, 2.24) is 9.80 Å². The number of rotatable bonds is 9. The summed E-state index contributed by atoms with van der Waals surface area (Å²) in [5.41, 5.74) is 2.13. The van der Waals surface area contributed by atoms with Crippen molar-refractivity contribution >= 4 is 62.2 Å². The molecule has 0 amide bonds. The number of ether oxygens (including phenoxy) is 6. The van der Waals surface area contributed by atoms with Crippen LogP contribution in [0.5, 0.6) is 0 Å². The van der Waals surface area contributed by atoms with Gasteiger partial charge in [0.25, 0.3) is 0 Å². The average molecular weight is 863 g/mol. The highest BCUT2D eigenvalue weighted by molar-refractivity contribution is 8.22. The molecule has 0 aromatic heterocycles. The van der Waals surface area contributed by atoms with Crippen molar-refractivity contribution in [3.63, 3.8) is 0 Å². The van der Waals surface area contributed by atoms with Crippen LogP contribution in [0.3, 0.4) is 0 Å². The largest absolute Gasteiger partial charge is 0.473 e. The number of fused-ring (bicyclic) bond motifs is 2. The first kappa shape index (κ1) is 46.2. The Balaban J connectivity index is 0.000000195. The van der Waals surface area contributed by atoms with Gasteiger partial charge in [-0.3, -0.25) is 9.98 Å². The smallest absolute Gasteiger partial charge is 0.220 e. The fourth-order valence-corrected chi connectivity index (χ4v) is 10.0. The van der Waals surface area contributed by atoms with E-state index in [1.807, 2.05) is 87.6 Å². The highest BCUT2D eigenvalue weighted by Gasteiger charge is 2.51. The topological polar surface area (TPSA) is 107 Å². The van der Waals surface area contributed by atoms with Gasteiger partial charge in [0, 0.05) is 53.2 Å². The number of hydrogen-bond acceptors (Lipinski definition) is 15. The molecule has 2 aromatic rings. The molecule has 2 unspecified atom stereocenters. The molecule has 0 aliphatic carbocycles. The standard InChI is InChI=1S/C20H28N2O3S3.C18H26N2O3S.C4H8O/c1-12-16(13(2)24-20(26)27-5)25-18-15(21-19(28-18)22(3)4)17(12)23-11-14-9-7-6-8-10-14;1-11-15(12(2)21)23-17-14(19-18(24-17)20(3)4)16(11)22-10-13-8-6-5-7-9-13;1-2-4-5-3-1/h6-10,12-13,15-18H,11H2,1-5H3;5-9,11-12,14-17,21H,10H2,1-4H3;1-4H2/t12-,13?,15-,16+,17+,18-;11-,12?,14-,15+,16+,17-;/m11./s1. The first-order chi connectivity index (χ1) is 27.4. The lowest BCUT2D eigenvalue weighted by Crippen LogP contribution is -2.55. The van der Waals surface area contributed by atoms with Crippen molar-refractivity contribution in [2.75, 3.05) is 47.7 Å². The van der Waals surface area contributed by atoms with Crippen molar-refractivity contribution in [2.24, 2.45) is 21.8 Å². The van der Waals surface area contributed by atoms with Crippen LogP contribution < -0.4 is 0 Å². The summed E-state index contributed by atoms with van der Waals surface area (Å²) >= 11 is 9.96. The summed E-state index contributed by atoms with van der Waals surface area (Å²) < 4.78 is 36.7. The predicted molar refractivity (Wildman–Crippen MR) is 239 cm³/mol. The highest BCUT2D eigenvalue weighted by atomic mass is 32.2. The maximum absolute atomic E-state index is 10.1. The molecule has 3 fully saturated rings. The van der Waals surface area contributed by atoms with Crippen molar-refractivity contribution in [2.45, 2.75) is 113 Å². The minimum absolute atomic E-state index is 0.0305. The van der Waals surface area contributed by atoms with Crippen molar-refractivity contribution in [3.8, 4) is 0 Å². The molecule has 0 radical (unpaired) electrons. The predicted octanol–water partition coefficient (Wildman–Crippen LogP) is 7.16. The molecule has 0 saturated carbocycles. The number of aliphatic hydroxyl groups is 1. The number of benzene rings is 2. The lowest BCUT2D eigenvalue weighted by atomic mass is 9.87. The van der Waals surface area contributed by atoms with Gasteiger partial charge in [-0.2, -0.15) is 0 Å². The van der Waals surface area contributed by atoms with Crippen LogP contribution in [0.15, 0.2) is 70.6 Å². The number of aliphatic hydroxyl groups excluding tert-OH is 1. The first-order valence-electron chi connectivity index (χ1n) is 19.8. The summed E-state index contributed by atoms with van der Waals surface area (Å²) in [6.45, 7) is 11.1. The third-order valence-corrected chi connectivity index (χ3v) is 14.0. The minimum atomic E-state index is -0.534. The summed E-state index contributed by atoms with van der Waals surface area (Å²) in [6, 6.07) is 20.3. The Labute approximate surface area is 358 Å². The Morgan fingerprint density at radius 3 is 1.61 bits per heavy atom. The van der Waals surface area contributed by atoms with E-state index in [9.17, 15) is 5.11 Å². The highest BCUT2D eigenvalue weighted by Crippen LogP contribution is 2.43. The summed E-state index contributed by atoms with van der Waals surface area (Å²) in [5.74, 6) is 0.191.